The van der Waals surface area contributed by atoms with Gasteiger partial charge >= 0.3 is 5.97 Å². The maximum Gasteiger partial charge on any atom is 0.303 e. The number of rotatable bonds is 7. The van der Waals surface area contributed by atoms with Crippen LogP contribution in [0.3, 0.4) is 0 Å². The lowest BCUT2D eigenvalue weighted by Gasteiger charge is -2.11. The number of fused-ring (bicyclic) bond motifs is 1. The van der Waals surface area contributed by atoms with Crippen LogP contribution in [0.25, 0.3) is 22.8 Å². The van der Waals surface area contributed by atoms with E-state index >= 15 is 0 Å². The van der Waals surface area contributed by atoms with E-state index in [1.54, 1.807) is 6.07 Å². The van der Waals surface area contributed by atoms with Crippen molar-refractivity contribution in [2.45, 2.75) is 58.5 Å². The molecule has 1 N–H and O–H groups in total. The first-order chi connectivity index (χ1) is 15.4. The molecule has 0 saturated carbocycles. The molecule has 168 valence electrons. The summed E-state index contributed by atoms with van der Waals surface area (Å²) in [5.41, 5.74) is 4.25. The molecule has 2 aromatic carbocycles. The fourth-order valence-corrected chi connectivity index (χ4v) is 4.39. The normalized spacial score (nSPS) is 15.9. The lowest BCUT2D eigenvalue weighted by Crippen LogP contribution is -2.05. The molecule has 4 rings (SSSR count). The Morgan fingerprint density at radius 2 is 1.91 bits per heavy atom. The Balaban J connectivity index is 1.50. The molecule has 0 amide bonds. The fourth-order valence-electron chi connectivity index (χ4n) is 4.16. The Labute approximate surface area is 192 Å². The van der Waals surface area contributed by atoms with E-state index in [-0.39, 0.29) is 12.5 Å². The number of aromatic nitrogens is 2. The van der Waals surface area contributed by atoms with Gasteiger partial charge in [0.15, 0.2) is 0 Å². The first-order valence-electron chi connectivity index (χ1n) is 11.0. The maximum atomic E-state index is 10.9. The van der Waals surface area contributed by atoms with E-state index in [0.717, 1.165) is 43.2 Å². The highest BCUT2D eigenvalue weighted by Crippen LogP contribution is 2.33. The molecule has 6 nitrogen and oxygen atoms in total. The zero-order valence-electron chi connectivity index (χ0n) is 18.3. The molecule has 0 fully saturated rings. The lowest BCUT2D eigenvalue weighted by atomic mass is 9.94. The van der Waals surface area contributed by atoms with Gasteiger partial charge in [-0.25, -0.2) is 0 Å². The summed E-state index contributed by atoms with van der Waals surface area (Å²) in [6.45, 7) is 3.90. The van der Waals surface area contributed by atoms with Crippen LogP contribution in [0.4, 0.5) is 0 Å². The number of carboxylic acids is 1. The third-order valence-electron chi connectivity index (χ3n) is 5.84. The van der Waals surface area contributed by atoms with Crippen LogP contribution < -0.4 is 4.74 Å². The van der Waals surface area contributed by atoms with Crippen molar-refractivity contribution >= 4 is 17.6 Å². The highest BCUT2D eigenvalue weighted by molar-refractivity contribution is 6.32. The van der Waals surface area contributed by atoms with Crippen LogP contribution in [0.2, 0.25) is 5.02 Å². The second kappa shape index (κ2) is 9.74. The Kier molecular flexibility index (Phi) is 6.80. The van der Waals surface area contributed by atoms with Gasteiger partial charge in [-0.3, -0.25) is 4.79 Å². The van der Waals surface area contributed by atoms with Gasteiger partial charge in [0.25, 0.3) is 5.89 Å². The lowest BCUT2D eigenvalue weighted by molar-refractivity contribution is -0.137. The topological polar surface area (TPSA) is 85.5 Å². The largest absolute Gasteiger partial charge is 0.489 e. The molecule has 1 heterocycles. The second-order valence-electron chi connectivity index (χ2n) is 8.59. The molecule has 0 radical (unpaired) electrons. The average Bonchev–Trinajstić information content (AvgIpc) is 3.16. The van der Waals surface area contributed by atoms with Crippen LogP contribution >= 0.6 is 11.6 Å². The highest BCUT2D eigenvalue weighted by atomic mass is 35.5. The molecule has 0 saturated heterocycles. The van der Waals surface area contributed by atoms with Gasteiger partial charge < -0.3 is 14.4 Å². The number of nitrogens with zero attached hydrogens (tertiary/aromatic N) is 2. The number of aryl methyl sites for hydroxylation is 2. The van der Waals surface area contributed by atoms with E-state index in [0.29, 0.717) is 28.4 Å². The molecule has 3 aromatic rings. The zero-order chi connectivity index (χ0) is 22.7. The van der Waals surface area contributed by atoms with Crippen molar-refractivity contribution in [3.05, 3.63) is 52.5 Å². The molecule has 0 spiro atoms. The van der Waals surface area contributed by atoms with E-state index in [9.17, 15) is 4.79 Å². The number of hydrogen-bond donors (Lipinski definition) is 1. The number of hydrogen-bond acceptors (Lipinski definition) is 5. The Morgan fingerprint density at radius 1 is 1.16 bits per heavy atom. The number of aliphatic carboxylic acids is 1. The molecule has 1 aromatic heterocycles. The van der Waals surface area contributed by atoms with Gasteiger partial charge in [0.1, 0.15) is 5.75 Å². The molecule has 0 bridgehead atoms. The molecular weight excluding hydrogens is 428 g/mol. The molecule has 32 heavy (non-hydrogen) atoms. The van der Waals surface area contributed by atoms with Crippen molar-refractivity contribution < 1.29 is 19.2 Å². The first kappa shape index (κ1) is 22.3. The predicted molar refractivity (Wildman–Crippen MR) is 123 cm³/mol. The third kappa shape index (κ3) is 5.30. The Hall–Kier alpha value is -2.86. The van der Waals surface area contributed by atoms with Crippen LogP contribution in [0.5, 0.6) is 5.75 Å². The number of carbonyl (C=O) groups is 1. The van der Waals surface area contributed by atoms with Crippen molar-refractivity contribution in [1.82, 2.24) is 10.1 Å². The summed E-state index contributed by atoms with van der Waals surface area (Å²) >= 11 is 6.35. The van der Waals surface area contributed by atoms with Gasteiger partial charge in [0.2, 0.25) is 5.82 Å². The quantitative estimate of drug-likeness (QED) is 0.427. The van der Waals surface area contributed by atoms with Crippen LogP contribution in [0, 0.1) is 5.92 Å². The number of carboxylic acid groups (broad SMARTS) is 1. The molecule has 1 aliphatic rings. The van der Waals surface area contributed by atoms with E-state index in [2.05, 4.69) is 22.3 Å². The first-order valence-corrected chi connectivity index (χ1v) is 11.4. The molecule has 7 heteroatoms. The van der Waals surface area contributed by atoms with E-state index in [1.165, 1.54) is 11.1 Å². The summed E-state index contributed by atoms with van der Waals surface area (Å²) in [5.74, 6) is 1.30. The van der Waals surface area contributed by atoms with Crippen LogP contribution in [-0.4, -0.2) is 27.3 Å². The predicted octanol–water partition coefficient (Wildman–Crippen LogP) is 6.20. The van der Waals surface area contributed by atoms with E-state index < -0.39 is 5.97 Å². The average molecular weight is 455 g/mol. The molecule has 1 atom stereocenters. The summed E-state index contributed by atoms with van der Waals surface area (Å²) in [6, 6.07) is 11.7. The number of benzene rings is 2. The smallest absolute Gasteiger partial charge is 0.303 e. The number of ether oxygens (including phenoxy) is 1. The Bertz CT molecular complexity index is 1110. The van der Waals surface area contributed by atoms with Crippen LogP contribution in [-0.2, 0) is 17.6 Å². The molecular formula is C25H27ClN2O4. The number of halogens is 1. The zero-order valence-corrected chi connectivity index (χ0v) is 19.1. The summed E-state index contributed by atoms with van der Waals surface area (Å²) in [6.07, 6.45) is 4.97. The van der Waals surface area contributed by atoms with Crippen LogP contribution in [0.1, 0.15) is 50.7 Å². The minimum atomic E-state index is -0.717. The van der Waals surface area contributed by atoms with Crippen molar-refractivity contribution in [2.75, 3.05) is 0 Å². The summed E-state index contributed by atoms with van der Waals surface area (Å²) < 4.78 is 11.2. The van der Waals surface area contributed by atoms with E-state index in [1.807, 2.05) is 32.0 Å². The van der Waals surface area contributed by atoms with Gasteiger partial charge in [-0.05, 0) is 87.3 Å². The minimum Gasteiger partial charge on any atom is -0.489 e. The van der Waals surface area contributed by atoms with Crippen molar-refractivity contribution in [3.8, 4) is 28.6 Å². The standard InChI is InChI=1S/C25H27ClN2O4/c1-15(2)31-22-11-10-20(14-21(22)26)25-27-24(28-32-25)19-9-8-17-6-3-16(5-12-23(29)30)4-7-18(17)13-19/h8-11,13-16H,3-7,12H2,1-2H3,(H,29,30). The van der Waals surface area contributed by atoms with Crippen molar-refractivity contribution in [3.63, 3.8) is 0 Å². The highest BCUT2D eigenvalue weighted by Gasteiger charge is 2.19. The van der Waals surface area contributed by atoms with Crippen molar-refractivity contribution in [2.24, 2.45) is 5.92 Å². The van der Waals surface area contributed by atoms with Gasteiger partial charge in [0, 0.05) is 17.5 Å². The fraction of sp³-hybridized carbons (Fsp3) is 0.400. The van der Waals surface area contributed by atoms with E-state index in [4.69, 9.17) is 26.0 Å². The third-order valence-corrected chi connectivity index (χ3v) is 6.14. The molecule has 1 unspecified atom stereocenters. The van der Waals surface area contributed by atoms with Crippen molar-refractivity contribution in [1.29, 1.82) is 0 Å². The molecule has 1 aliphatic carbocycles. The van der Waals surface area contributed by atoms with Gasteiger partial charge in [-0.15, -0.1) is 0 Å². The minimum absolute atomic E-state index is 0.0361. The summed E-state index contributed by atoms with van der Waals surface area (Å²) in [7, 11) is 0. The summed E-state index contributed by atoms with van der Waals surface area (Å²) in [4.78, 5) is 15.5. The second-order valence-corrected chi connectivity index (χ2v) is 9.00. The SMILES string of the molecule is CC(C)Oc1ccc(-c2nc(-c3ccc4c(c3)CCC(CCC(=O)O)CC4)no2)cc1Cl. The van der Waals surface area contributed by atoms with Crippen LogP contribution in [0.15, 0.2) is 40.9 Å². The summed E-state index contributed by atoms with van der Waals surface area (Å²) in [5, 5.41) is 13.6. The Morgan fingerprint density at radius 3 is 2.62 bits per heavy atom. The monoisotopic (exact) mass is 454 g/mol. The maximum absolute atomic E-state index is 10.9. The van der Waals surface area contributed by atoms with Gasteiger partial charge in [-0.2, -0.15) is 4.98 Å². The van der Waals surface area contributed by atoms with Gasteiger partial charge in [-0.1, -0.05) is 28.9 Å². The molecule has 0 aliphatic heterocycles. The van der Waals surface area contributed by atoms with Gasteiger partial charge in [0.05, 0.1) is 11.1 Å².